The number of rotatable bonds is 33. The Morgan fingerprint density at radius 3 is 1.93 bits per heavy atom. The molecule has 2 N–H and O–H groups in total. The molecule has 0 unspecified atom stereocenters. The lowest BCUT2D eigenvalue weighted by atomic mass is 9.89. The minimum Gasteiger partial charge on any atom is -0.467 e. The van der Waals surface area contributed by atoms with Gasteiger partial charge < -0.3 is 67.8 Å². The van der Waals surface area contributed by atoms with E-state index in [4.69, 9.17) is 47.4 Å². The average Bonchev–Trinajstić information content (AvgIpc) is 0.881. The smallest absolute Gasteiger partial charge is 0.411 e. The van der Waals surface area contributed by atoms with E-state index in [1.165, 1.54) is 25.2 Å². The molecule has 0 spiro atoms. The Labute approximate surface area is 539 Å². The molecule has 2 heterocycles. The van der Waals surface area contributed by atoms with Crippen molar-refractivity contribution >= 4 is 59.3 Å². The monoisotopic (exact) mass is 1300 g/mol. The van der Waals surface area contributed by atoms with Gasteiger partial charge in [-0.15, -0.1) is 0 Å². The van der Waals surface area contributed by atoms with Crippen molar-refractivity contribution in [3.63, 3.8) is 0 Å². The van der Waals surface area contributed by atoms with Gasteiger partial charge in [-0.25, -0.2) is 9.59 Å². The van der Waals surface area contributed by atoms with Crippen LogP contribution in [0.15, 0.2) is 48.5 Å². The van der Waals surface area contributed by atoms with Crippen molar-refractivity contribution in [1.82, 2.24) is 30.2 Å². The molecule has 5 amide bonds. The zero-order valence-corrected chi connectivity index (χ0v) is 56.4. The number of methoxy groups -OCH3 is 3. The molecule has 2 aliphatic rings. The van der Waals surface area contributed by atoms with E-state index in [0.29, 0.717) is 31.4 Å². The van der Waals surface area contributed by atoms with Gasteiger partial charge in [0.05, 0.1) is 60.7 Å². The van der Waals surface area contributed by atoms with Crippen LogP contribution < -0.4 is 15.4 Å². The van der Waals surface area contributed by atoms with E-state index >= 15 is 0 Å². The Balaban J connectivity index is 1.49. The van der Waals surface area contributed by atoms with Crippen LogP contribution in [0.5, 0.6) is 5.75 Å². The fourth-order valence-corrected chi connectivity index (χ4v) is 11.9. The van der Waals surface area contributed by atoms with E-state index < -0.39 is 144 Å². The summed E-state index contributed by atoms with van der Waals surface area (Å²) in [6.07, 6.45) is -10.3. The molecular formula is C64H97N7O21. The summed E-state index contributed by atoms with van der Waals surface area (Å²) < 4.78 is 56.7. The van der Waals surface area contributed by atoms with Crippen LogP contribution in [-0.2, 0) is 87.6 Å². The van der Waals surface area contributed by atoms with Gasteiger partial charge in [0.2, 0.25) is 36.0 Å². The number of likely N-dealkylation sites (tertiary alicyclic amines) is 1. The SMILES string of the molecule is CC[C@H](C)[C@@H]([C@@H](CC(=O)N1CCC[C@H]1[C@H](OC)[C@@H](C)C(=O)N[C@H](C)[C@@H](OCN(CC)C(=O)OCc1ccc(O[C@H]2O[C@@H](C(=O)OC)[C@H](OC(C)=O)[C@@H](OC(C)=O)[C@@H]2OC(C)=O)c([N+](=O)[O-])c1)c1ccccc1)OC)N(C)C(=O)[C@@H](NC(=O)[C@H](C(C)C)N(C)C)C(C)C. The highest BCUT2D eigenvalue weighted by Gasteiger charge is 2.56. The number of hydrogen-bond donors (Lipinski definition) is 2. The van der Waals surface area contributed by atoms with Gasteiger partial charge in [0.15, 0.2) is 24.1 Å². The lowest BCUT2D eigenvalue weighted by Crippen LogP contribution is -2.64. The Hall–Kier alpha value is -7.53. The van der Waals surface area contributed by atoms with E-state index in [0.717, 1.165) is 40.0 Å². The Kier molecular flexibility index (Phi) is 30.2. The van der Waals surface area contributed by atoms with Crippen molar-refractivity contribution in [2.75, 3.05) is 62.3 Å². The number of benzene rings is 2. The third kappa shape index (κ3) is 20.5. The Morgan fingerprint density at radius 2 is 1.40 bits per heavy atom. The summed E-state index contributed by atoms with van der Waals surface area (Å²) in [7, 11) is 9.36. The molecule has 28 heteroatoms. The first-order valence-electron chi connectivity index (χ1n) is 31.0. The number of esters is 4. The summed E-state index contributed by atoms with van der Waals surface area (Å²) in [6, 6.07) is 9.47. The second-order valence-electron chi connectivity index (χ2n) is 24.2. The van der Waals surface area contributed by atoms with Crippen LogP contribution in [-0.4, -0.2) is 214 Å². The van der Waals surface area contributed by atoms with Crippen LogP contribution in [0.25, 0.3) is 0 Å². The summed E-state index contributed by atoms with van der Waals surface area (Å²) in [5.41, 5.74) is 0.0912. The van der Waals surface area contributed by atoms with Gasteiger partial charge in [-0.2, -0.15) is 0 Å². The van der Waals surface area contributed by atoms with Crippen molar-refractivity contribution in [3.8, 4) is 5.75 Å². The number of likely N-dealkylation sites (N-methyl/N-ethyl adjacent to an activating group) is 2. The molecular weight excluding hydrogens is 1200 g/mol. The lowest BCUT2D eigenvalue weighted by molar-refractivity contribution is -0.387. The zero-order valence-electron chi connectivity index (χ0n) is 56.4. The summed E-state index contributed by atoms with van der Waals surface area (Å²) in [6.45, 7) is 19.5. The summed E-state index contributed by atoms with van der Waals surface area (Å²) in [4.78, 5) is 139. The predicted octanol–water partition coefficient (Wildman–Crippen LogP) is 5.49. The maximum atomic E-state index is 14.6. The van der Waals surface area contributed by atoms with E-state index in [1.807, 2.05) is 66.6 Å². The van der Waals surface area contributed by atoms with Crippen molar-refractivity contribution in [3.05, 3.63) is 69.8 Å². The molecule has 2 fully saturated rings. The third-order valence-corrected chi connectivity index (χ3v) is 16.6. The van der Waals surface area contributed by atoms with Crippen LogP contribution in [0.4, 0.5) is 10.5 Å². The highest BCUT2D eigenvalue weighted by molar-refractivity contribution is 5.90. The first-order valence-corrected chi connectivity index (χ1v) is 31.0. The topological polar surface area (TPSA) is 326 Å². The number of nitro benzene ring substituents is 1. The zero-order chi connectivity index (χ0) is 69.0. The number of nitro groups is 1. The molecule has 0 aliphatic carbocycles. The van der Waals surface area contributed by atoms with E-state index in [2.05, 4.69) is 10.6 Å². The average molecular weight is 1300 g/mol. The van der Waals surface area contributed by atoms with E-state index in [9.17, 15) is 53.3 Å². The molecule has 0 bridgehead atoms. The van der Waals surface area contributed by atoms with Crippen molar-refractivity contribution < 1.29 is 95.4 Å². The van der Waals surface area contributed by atoms with Crippen molar-refractivity contribution in [1.29, 1.82) is 0 Å². The largest absolute Gasteiger partial charge is 0.467 e. The van der Waals surface area contributed by atoms with Crippen LogP contribution in [0, 0.1) is 33.8 Å². The standard InChI is InChI=1S/C64H97N7O21/c1-19-37(7)52(68(15)61(78)50(35(3)4)66-60(77)51(36(5)6)67(13)14)48(83-16)32-49(75)70-30-24-27-45(70)53(84-17)38(8)59(76)65-39(9)54(44-25-22-21-23-26-44)87-34-69(20-2)64(80)86-33-43-28-29-47(46(31-43)71(81)82)91-63-58(90-42(12)74)56(89-41(11)73)55(88-40(10)72)57(92-63)62(79)85-18/h21-23,25-26,28-29,31,35-39,45,48,50-58,63H,19-20,24,27,30,32-34H2,1-18H3,(H,65,76)(H,66,77)/t37-,38+,39+,45-,48+,50-,51-,52-,53+,54+,55+,56+,57+,58-,63-/m0/s1. The molecule has 92 heavy (non-hydrogen) atoms. The highest BCUT2D eigenvalue weighted by atomic mass is 16.7. The van der Waals surface area contributed by atoms with Crippen molar-refractivity contribution in [2.45, 2.75) is 195 Å². The summed E-state index contributed by atoms with van der Waals surface area (Å²) >= 11 is 0. The van der Waals surface area contributed by atoms with Crippen LogP contribution >= 0.6 is 0 Å². The van der Waals surface area contributed by atoms with Crippen molar-refractivity contribution in [2.24, 2.45) is 23.7 Å². The number of nitrogens with one attached hydrogen (secondary N) is 2. The third-order valence-electron chi connectivity index (χ3n) is 16.6. The molecule has 2 aromatic rings. The number of carbonyl (C=O) groups is 9. The summed E-state index contributed by atoms with van der Waals surface area (Å²) in [5.74, 6) is -6.77. The fraction of sp³-hybridized carbons (Fsp3) is 0.672. The van der Waals surface area contributed by atoms with Gasteiger partial charge in [-0.1, -0.05) is 91.3 Å². The molecule has 2 aliphatic heterocycles. The second kappa shape index (κ2) is 36.1. The number of nitrogens with zero attached hydrogens (tertiary/aromatic N) is 5. The van der Waals surface area contributed by atoms with Gasteiger partial charge in [0, 0.05) is 61.2 Å². The van der Waals surface area contributed by atoms with Gasteiger partial charge in [0.25, 0.3) is 0 Å². The maximum absolute atomic E-state index is 14.6. The molecule has 514 valence electrons. The predicted molar refractivity (Wildman–Crippen MR) is 332 cm³/mol. The molecule has 2 saturated heterocycles. The highest BCUT2D eigenvalue weighted by Crippen LogP contribution is 2.36. The number of ether oxygens (including phenoxy) is 10. The maximum Gasteiger partial charge on any atom is 0.411 e. The van der Waals surface area contributed by atoms with E-state index in [-0.39, 0.29) is 60.7 Å². The second-order valence-corrected chi connectivity index (χ2v) is 24.2. The quantitative estimate of drug-likeness (QED) is 0.0293. The van der Waals surface area contributed by atoms with E-state index in [1.54, 1.807) is 61.9 Å². The molecule has 15 atom stereocenters. The Bertz CT molecular complexity index is 2820. The molecule has 2 aromatic carbocycles. The normalized spacial score (nSPS) is 21.0. The van der Waals surface area contributed by atoms with Gasteiger partial charge in [0.1, 0.15) is 25.5 Å². The molecule has 28 nitrogen and oxygen atoms in total. The molecule has 0 aromatic heterocycles. The minimum atomic E-state index is -1.90. The van der Waals surface area contributed by atoms with Crippen LogP contribution in [0.3, 0.4) is 0 Å². The number of amides is 5. The first-order chi connectivity index (χ1) is 43.4. The number of carbonyl (C=O) groups excluding carboxylic acids is 9. The minimum absolute atomic E-state index is 0.0127. The van der Waals surface area contributed by atoms with Crippen LogP contribution in [0.1, 0.15) is 126 Å². The molecule has 4 rings (SSSR count). The number of hydrogen-bond acceptors (Lipinski definition) is 22. The van der Waals surface area contributed by atoms with Crippen LogP contribution in [0.2, 0.25) is 0 Å². The van der Waals surface area contributed by atoms with Gasteiger partial charge in [-0.05, 0) is 75.7 Å². The van der Waals surface area contributed by atoms with Gasteiger partial charge >= 0.3 is 35.7 Å². The first kappa shape index (κ1) is 76.9. The fourth-order valence-electron chi connectivity index (χ4n) is 11.9. The molecule has 0 saturated carbocycles. The lowest BCUT2D eigenvalue weighted by Gasteiger charge is -2.42. The Morgan fingerprint density at radius 1 is 0.783 bits per heavy atom. The van der Waals surface area contributed by atoms with Gasteiger partial charge in [-0.3, -0.25) is 53.5 Å². The molecule has 0 radical (unpaired) electrons. The summed E-state index contributed by atoms with van der Waals surface area (Å²) in [5, 5.41) is 18.7.